The van der Waals surface area contributed by atoms with Crippen molar-refractivity contribution in [2.75, 3.05) is 11.9 Å². The van der Waals surface area contributed by atoms with Crippen LogP contribution in [0.4, 0.5) is 10.8 Å². The Kier molecular flexibility index (Phi) is 4.70. The van der Waals surface area contributed by atoms with Gasteiger partial charge in [0.2, 0.25) is 0 Å². The summed E-state index contributed by atoms with van der Waals surface area (Å²) in [5, 5.41) is 17.2. The number of carbonyl (C=O) groups is 1. The maximum atomic E-state index is 11.8. The average molecular weight is 291 g/mol. The Morgan fingerprint density at radius 2 is 2.10 bits per heavy atom. The fourth-order valence-electron chi connectivity index (χ4n) is 1.53. The van der Waals surface area contributed by atoms with Crippen LogP contribution in [0, 0.1) is 6.92 Å². The molecule has 0 aliphatic carbocycles. The second kappa shape index (κ2) is 6.49. The molecule has 2 rings (SSSR count). The lowest BCUT2D eigenvalue weighted by atomic mass is 10.2. The second-order valence-electron chi connectivity index (χ2n) is 4.59. The quantitative estimate of drug-likeness (QED) is 0.790. The molecule has 3 N–H and O–H groups in total. The number of nitrogens with zero attached hydrogens (tertiary/aromatic N) is 1. The molecular formula is C14H17N3O2S. The summed E-state index contributed by atoms with van der Waals surface area (Å²) >= 11 is 1.37. The molecule has 6 heteroatoms. The molecule has 1 aromatic carbocycles. The summed E-state index contributed by atoms with van der Waals surface area (Å²) in [5.41, 5.74) is 2.47. The first-order chi connectivity index (χ1) is 9.54. The highest BCUT2D eigenvalue weighted by Crippen LogP contribution is 2.21. The number of aryl methyl sites for hydroxylation is 1. The minimum Gasteiger partial charge on any atom is -0.392 e. The zero-order valence-corrected chi connectivity index (χ0v) is 12.2. The predicted molar refractivity (Wildman–Crippen MR) is 80.6 cm³/mol. The van der Waals surface area contributed by atoms with Crippen molar-refractivity contribution in [1.82, 2.24) is 10.3 Å². The maximum Gasteiger partial charge on any atom is 0.270 e. The van der Waals surface area contributed by atoms with E-state index in [0.29, 0.717) is 10.8 Å². The number of hydrogen-bond acceptors (Lipinski definition) is 5. The van der Waals surface area contributed by atoms with Crippen LogP contribution in [0.15, 0.2) is 29.6 Å². The van der Waals surface area contributed by atoms with Gasteiger partial charge in [-0.3, -0.25) is 4.79 Å². The van der Waals surface area contributed by atoms with E-state index in [9.17, 15) is 4.79 Å². The van der Waals surface area contributed by atoms with E-state index >= 15 is 0 Å². The smallest absolute Gasteiger partial charge is 0.270 e. The van der Waals surface area contributed by atoms with Gasteiger partial charge in [0, 0.05) is 17.6 Å². The number of aromatic nitrogens is 1. The van der Waals surface area contributed by atoms with Crippen molar-refractivity contribution in [2.24, 2.45) is 0 Å². The fraction of sp³-hybridized carbons (Fsp3) is 0.286. The number of aliphatic hydroxyl groups excluding tert-OH is 1. The minimum atomic E-state index is -0.567. The van der Waals surface area contributed by atoms with E-state index < -0.39 is 6.10 Å². The Bertz CT molecular complexity index is 578. The number of aliphatic hydroxyl groups is 1. The fourth-order valence-corrected chi connectivity index (χ4v) is 2.24. The Morgan fingerprint density at radius 3 is 2.75 bits per heavy atom. The van der Waals surface area contributed by atoms with Crippen LogP contribution in [0.1, 0.15) is 23.0 Å². The van der Waals surface area contributed by atoms with Crippen molar-refractivity contribution in [3.05, 3.63) is 40.9 Å². The van der Waals surface area contributed by atoms with Gasteiger partial charge in [-0.1, -0.05) is 17.7 Å². The molecule has 1 aromatic heterocycles. The van der Waals surface area contributed by atoms with Crippen LogP contribution in [-0.2, 0) is 0 Å². The van der Waals surface area contributed by atoms with Crippen LogP contribution in [0.2, 0.25) is 0 Å². The summed E-state index contributed by atoms with van der Waals surface area (Å²) < 4.78 is 0. The number of rotatable bonds is 5. The topological polar surface area (TPSA) is 74.2 Å². The number of amides is 1. The SMILES string of the molecule is Cc1ccc(Nc2nc(C(=O)NCC(C)O)cs2)cc1. The molecule has 1 amide bonds. The monoisotopic (exact) mass is 291 g/mol. The largest absolute Gasteiger partial charge is 0.392 e. The average Bonchev–Trinajstić information content (AvgIpc) is 2.87. The van der Waals surface area contributed by atoms with Crippen molar-refractivity contribution >= 4 is 28.1 Å². The summed E-state index contributed by atoms with van der Waals surface area (Å²) in [6, 6.07) is 7.94. The maximum absolute atomic E-state index is 11.8. The van der Waals surface area contributed by atoms with Gasteiger partial charge in [0.05, 0.1) is 6.10 Å². The first kappa shape index (κ1) is 14.5. The summed E-state index contributed by atoms with van der Waals surface area (Å²) in [6.45, 7) is 3.86. The summed E-state index contributed by atoms with van der Waals surface area (Å²) in [7, 11) is 0. The van der Waals surface area contributed by atoms with Crippen molar-refractivity contribution in [2.45, 2.75) is 20.0 Å². The summed E-state index contributed by atoms with van der Waals surface area (Å²) in [4.78, 5) is 16.0. The first-order valence-corrected chi connectivity index (χ1v) is 7.18. The van der Waals surface area contributed by atoms with E-state index in [1.54, 1.807) is 12.3 Å². The highest BCUT2D eigenvalue weighted by molar-refractivity contribution is 7.14. The lowest BCUT2D eigenvalue weighted by molar-refractivity contribution is 0.0920. The van der Waals surface area contributed by atoms with Gasteiger partial charge in [0.15, 0.2) is 5.13 Å². The molecule has 0 radical (unpaired) electrons. The van der Waals surface area contributed by atoms with Gasteiger partial charge in [-0.15, -0.1) is 11.3 Å². The van der Waals surface area contributed by atoms with Crippen LogP contribution in [0.5, 0.6) is 0 Å². The van der Waals surface area contributed by atoms with E-state index in [0.717, 1.165) is 5.69 Å². The third-order valence-electron chi connectivity index (χ3n) is 2.60. The van der Waals surface area contributed by atoms with E-state index in [1.807, 2.05) is 31.2 Å². The third kappa shape index (κ3) is 4.04. The van der Waals surface area contributed by atoms with Crippen LogP contribution in [-0.4, -0.2) is 28.6 Å². The molecule has 106 valence electrons. The standard InChI is InChI=1S/C14H17N3O2S/c1-9-3-5-11(6-4-9)16-14-17-12(8-20-14)13(19)15-7-10(2)18/h3-6,8,10,18H,7H2,1-2H3,(H,15,19)(H,16,17). The summed E-state index contributed by atoms with van der Waals surface area (Å²) in [6.07, 6.45) is -0.567. The van der Waals surface area contributed by atoms with E-state index in [-0.39, 0.29) is 12.5 Å². The van der Waals surface area contributed by atoms with Crippen molar-refractivity contribution in [3.8, 4) is 0 Å². The molecule has 0 saturated carbocycles. The van der Waals surface area contributed by atoms with Crippen LogP contribution >= 0.6 is 11.3 Å². The first-order valence-electron chi connectivity index (χ1n) is 6.30. The molecule has 1 unspecified atom stereocenters. The normalized spacial score (nSPS) is 11.9. The van der Waals surface area contributed by atoms with Crippen LogP contribution < -0.4 is 10.6 Å². The molecule has 0 fully saturated rings. The number of benzene rings is 1. The predicted octanol–water partition coefficient (Wildman–Crippen LogP) is 2.31. The lowest BCUT2D eigenvalue weighted by Crippen LogP contribution is -2.30. The molecule has 0 aliphatic heterocycles. The molecule has 0 bridgehead atoms. The van der Waals surface area contributed by atoms with E-state index in [2.05, 4.69) is 15.6 Å². The van der Waals surface area contributed by atoms with Crippen molar-refractivity contribution in [3.63, 3.8) is 0 Å². The van der Waals surface area contributed by atoms with E-state index in [4.69, 9.17) is 5.11 Å². The highest BCUT2D eigenvalue weighted by Gasteiger charge is 2.11. The molecular weight excluding hydrogens is 274 g/mol. The minimum absolute atomic E-state index is 0.219. The second-order valence-corrected chi connectivity index (χ2v) is 5.45. The zero-order valence-electron chi connectivity index (χ0n) is 11.4. The highest BCUT2D eigenvalue weighted by atomic mass is 32.1. The Morgan fingerprint density at radius 1 is 1.40 bits per heavy atom. The van der Waals surface area contributed by atoms with Gasteiger partial charge in [-0.05, 0) is 26.0 Å². The Hall–Kier alpha value is -1.92. The van der Waals surface area contributed by atoms with Gasteiger partial charge in [-0.25, -0.2) is 4.98 Å². The van der Waals surface area contributed by atoms with E-state index in [1.165, 1.54) is 16.9 Å². The number of thiazole rings is 1. The summed E-state index contributed by atoms with van der Waals surface area (Å²) in [5.74, 6) is -0.279. The number of anilines is 2. The molecule has 1 atom stereocenters. The molecule has 5 nitrogen and oxygen atoms in total. The molecule has 1 heterocycles. The lowest BCUT2D eigenvalue weighted by Gasteiger charge is -2.05. The molecule has 0 saturated heterocycles. The van der Waals surface area contributed by atoms with Gasteiger partial charge in [0.25, 0.3) is 5.91 Å². The van der Waals surface area contributed by atoms with Crippen LogP contribution in [0.3, 0.4) is 0 Å². The van der Waals surface area contributed by atoms with Gasteiger partial charge in [0.1, 0.15) is 5.69 Å². The molecule has 0 spiro atoms. The number of nitrogens with one attached hydrogen (secondary N) is 2. The van der Waals surface area contributed by atoms with Crippen molar-refractivity contribution < 1.29 is 9.90 Å². The molecule has 0 aliphatic rings. The number of carbonyl (C=O) groups excluding carboxylic acids is 1. The third-order valence-corrected chi connectivity index (χ3v) is 3.36. The van der Waals surface area contributed by atoms with Crippen molar-refractivity contribution in [1.29, 1.82) is 0 Å². The van der Waals surface area contributed by atoms with Gasteiger partial charge in [-0.2, -0.15) is 0 Å². The van der Waals surface area contributed by atoms with Gasteiger partial charge >= 0.3 is 0 Å². The Labute approximate surface area is 121 Å². The molecule has 20 heavy (non-hydrogen) atoms. The Balaban J connectivity index is 1.98. The molecule has 2 aromatic rings. The number of hydrogen-bond donors (Lipinski definition) is 3. The van der Waals surface area contributed by atoms with Gasteiger partial charge < -0.3 is 15.7 Å². The van der Waals surface area contributed by atoms with Crippen LogP contribution in [0.25, 0.3) is 0 Å². The zero-order chi connectivity index (χ0) is 14.5.